The van der Waals surface area contributed by atoms with Gasteiger partial charge in [-0.3, -0.25) is 4.79 Å². The van der Waals surface area contributed by atoms with Gasteiger partial charge in [-0.25, -0.2) is 4.39 Å². The first-order chi connectivity index (χ1) is 9.56. The lowest BCUT2D eigenvalue weighted by atomic mass is 10.0. The zero-order chi connectivity index (χ0) is 14.3. The lowest BCUT2D eigenvalue weighted by Crippen LogP contribution is -2.02. The molecule has 0 amide bonds. The molecule has 1 aromatic heterocycles. The van der Waals surface area contributed by atoms with Crippen LogP contribution in [0.4, 0.5) is 10.1 Å². The number of carbonyl (C=O) groups excluding carboxylic acids is 1. The van der Waals surface area contributed by atoms with Crippen molar-refractivity contribution in [2.45, 2.75) is 0 Å². The highest BCUT2D eigenvalue weighted by Crippen LogP contribution is 2.25. The smallest absolute Gasteiger partial charge is 0.195 e. The van der Waals surface area contributed by atoms with Gasteiger partial charge in [-0.2, -0.15) is 0 Å². The van der Waals surface area contributed by atoms with Crippen LogP contribution in [0, 0.1) is 5.82 Å². The molecule has 3 rings (SSSR count). The number of halogens is 2. The summed E-state index contributed by atoms with van der Waals surface area (Å²) in [5.74, 6) is -0.752. The molecule has 1 heterocycles. The summed E-state index contributed by atoms with van der Waals surface area (Å²) in [5, 5.41) is 1.35. The Labute approximate surface area is 119 Å². The minimum absolute atomic E-state index is 0.0428. The van der Waals surface area contributed by atoms with E-state index in [1.54, 1.807) is 24.4 Å². The van der Waals surface area contributed by atoms with Crippen LogP contribution in [-0.4, -0.2) is 10.8 Å². The topological polar surface area (TPSA) is 58.9 Å². The first-order valence-corrected chi connectivity index (χ1v) is 6.30. The fourth-order valence-corrected chi connectivity index (χ4v) is 2.30. The van der Waals surface area contributed by atoms with Crippen molar-refractivity contribution >= 4 is 34.0 Å². The van der Waals surface area contributed by atoms with E-state index >= 15 is 0 Å². The van der Waals surface area contributed by atoms with Crippen LogP contribution in [0.1, 0.15) is 15.9 Å². The van der Waals surface area contributed by atoms with Crippen molar-refractivity contribution in [3.05, 3.63) is 64.6 Å². The standard InChI is InChI=1S/C15H10ClFN2O/c16-9-2-3-10-11(7-19-14(10)6-9)15(20)8-1-4-12(17)13(18)5-8/h1-7,19H,18H2. The fourth-order valence-electron chi connectivity index (χ4n) is 2.13. The lowest BCUT2D eigenvalue weighted by molar-refractivity contribution is 0.104. The number of benzene rings is 2. The van der Waals surface area contributed by atoms with Gasteiger partial charge in [0.15, 0.2) is 5.78 Å². The molecule has 0 fully saturated rings. The van der Waals surface area contributed by atoms with Gasteiger partial charge in [-0.05, 0) is 30.3 Å². The Balaban J connectivity index is 2.10. The van der Waals surface area contributed by atoms with Gasteiger partial charge >= 0.3 is 0 Å². The summed E-state index contributed by atoms with van der Waals surface area (Å²) in [4.78, 5) is 15.4. The lowest BCUT2D eigenvalue weighted by Gasteiger charge is -2.02. The summed E-state index contributed by atoms with van der Waals surface area (Å²) in [5.41, 5.74) is 7.07. The number of ketones is 1. The molecule has 0 saturated heterocycles. The van der Waals surface area contributed by atoms with E-state index in [4.69, 9.17) is 17.3 Å². The van der Waals surface area contributed by atoms with Crippen LogP contribution >= 0.6 is 11.6 Å². The molecule has 0 aliphatic rings. The number of hydrogen-bond acceptors (Lipinski definition) is 2. The summed E-state index contributed by atoms with van der Waals surface area (Å²) in [6.07, 6.45) is 1.61. The van der Waals surface area contributed by atoms with E-state index in [0.29, 0.717) is 16.1 Å². The highest BCUT2D eigenvalue weighted by molar-refractivity contribution is 6.31. The molecule has 5 heteroatoms. The van der Waals surface area contributed by atoms with Crippen LogP contribution in [0.2, 0.25) is 5.02 Å². The van der Waals surface area contributed by atoms with Gasteiger partial charge in [0.05, 0.1) is 5.69 Å². The molecule has 0 spiro atoms. The number of nitrogen functional groups attached to an aromatic ring is 1. The van der Waals surface area contributed by atoms with Crippen LogP contribution in [0.3, 0.4) is 0 Å². The average molecular weight is 289 g/mol. The number of fused-ring (bicyclic) bond motifs is 1. The predicted octanol–water partition coefficient (Wildman–Crippen LogP) is 3.77. The maximum atomic E-state index is 13.1. The first-order valence-electron chi connectivity index (χ1n) is 5.92. The van der Waals surface area contributed by atoms with Gasteiger partial charge in [-0.1, -0.05) is 17.7 Å². The Bertz CT molecular complexity index is 826. The van der Waals surface area contributed by atoms with Crippen LogP contribution in [0.5, 0.6) is 0 Å². The summed E-state index contributed by atoms with van der Waals surface area (Å²) in [6, 6.07) is 9.18. The highest BCUT2D eigenvalue weighted by Gasteiger charge is 2.15. The Morgan fingerprint density at radius 3 is 2.75 bits per heavy atom. The van der Waals surface area contributed by atoms with Crippen LogP contribution in [-0.2, 0) is 0 Å². The molecule has 3 N–H and O–H groups in total. The number of H-pyrrole nitrogens is 1. The van der Waals surface area contributed by atoms with E-state index in [-0.39, 0.29) is 11.5 Å². The second kappa shape index (κ2) is 4.65. The van der Waals surface area contributed by atoms with Gasteiger partial charge in [-0.15, -0.1) is 0 Å². The fraction of sp³-hybridized carbons (Fsp3) is 0. The quantitative estimate of drug-likeness (QED) is 0.557. The number of rotatable bonds is 2. The maximum absolute atomic E-state index is 13.1. The van der Waals surface area contributed by atoms with Crippen molar-refractivity contribution in [1.29, 1.82) is 0 Å². The molecule has 100 valence electrons. The van der Waals surface area contributed by atoms with E-state index in [2.05, 4.69) is 4.98 Å². The van der Waals surface area contributed by atoms with E-state index in [9.17, 15) is 9.18 Å². The number of nitrogens with one attached hydrogen (secondary N) is 1. The zero-order valence-electron chi connectivity index (χ0n) is 10.3. The number of nitrogens with two attached hydrogens (primary N) is 1. The number of hydrogen-bond donors (Lipinski definition) is 2. The first kappa shape index (κ1) is 12.7. The molecule has 0 unspecified atom stereocenters. The molecular weight excluding hydrogens is 279 g/mol. The second-order valence-corrected chi connectivity index (χ2v) is 4.89. The zero-order valence-corrected chi connectivity index (χ0v) is 11.0. The summed E-state index contributed by atoms with van der Waals surface area (Å²) in [6.45, 7) is 0. The van der Waals surface area contributed by atoms with Gasteiger partial charge in [0.25, 0.3) is 0 Å². The van der Waals surface area contributed by atoms with Crippen molar-refractivity contribution in [2.75, 3.05) is 5.73 Å². The molecule has 3 nitrogen and oxygen atoms in total. The summed E-state index contributed by atoms with van der Waals surface area (Å²) in [7, 11) is 0. The normalized spacial score (nSPS) is 10.9. The number of anilines is 1. The predicted molar refractivity (Wildman–Crippen MR) is 77.6 cm³/mol. The van der Waals surface area contributed by atoms with Gasteiger partial charge < -0.3 is 10.7 Å². The van der Waals surface area contributed by atoms with E-state index in [0.717, 1.165) is 10.9 Å². The van der Waals surface area contributed by atoms with Gasteiger partial charge in [0, 0.05) is 33.2 Å². The van der Waals surface area contributed by atoms with Crippen molar-refractivity contribution in [1.82, 2.24) is 4.98 Å². The Morgan fingerprint density at radius 1 is 1.20 bits per heavy atom. The molecule has 3 aromatic rings. The Morgan fingerprint density at radius 2 is 2.00 bits per heavy atom. The molecule has 0 saturated carbocycles. The molecule has 0 radical (unpaired) electrons. The molecule has 0 aliphatic carbocycles. The van der Waals surface area contributed by atoms with Gasteiger partial charge in [0.2, 0.25) is 0 Å². The molecule has 20 heavy (non-hydrogen) atoms. The molecule has 0 bridgehead atoms. The monoisotopic (exact) mass is 288 g/mol. The number of carbonyl (C=O) groups is 1. The second-order valence-electron chi connectivity index (χ2n) is 4.46. The maximum Gasteiger partial charge on any atom is 0.195 e. The van der Waals surface area contributed by atoms with Crippen LogP contribution < -0.4 is 5.73 Å². The number of aromatic amines is 1. The number of aromatic nitrogens is 1. The molecule has 0 aliphatic heterocycles. The summed E-state index contributed by atoms with van der Waals surface area (Å²) < 4.78 is 13.1. The average Bonchev–Trinajstić information content (AvgIpc) is 2.84. The van der Waals surface area contributed by atoms with Crippen LogP contribution in [0.15, 0.2) is 42.6 Å². The van der Waals surface area contributed by atoms with Crippen molar-refractivity contribution in [2.24, 2.45) is 0 Å². The third kappa shape index (κ3) is 2.04. The molecule has 2 aromatic carbocycles. The minimum atomic E-state index is -0.535. The Kier molecular flexibility index (Phi) is 2.95. The van der Waals surface area contributed by atoms with Crippen molar-refractivity contribution in [3.8, 4) is 0 Å². The van der Waals surface area contributed by atoms with E-state index in [1.807, 2.05) is 0 Å². The van der Waals surface area contributed by atoms with Crippen molar-refractivity contribution in [3.63, 3.8) is 0 Å². The Hall–Kier alpha value is -2.33. The third-order valence-corrected chi connectivity index (χ3v) is 3.38. The van der Waals surface area contributed by atoms with Crippen LogP contribution in [0.25, 0.3) is 10.9 Å². The van der Waals surface area contributed by atoms with Gasteiger partial charge in [0.1, 0.15) is 5.82 Å². The van der Waals surface area contributed by atoms with E-state index in [1.165, 1.54) is 18.2 Å². The molecular formula is C15H10ClFN2O. The molecule has 0 atom stereocenters. The highest BCUT2D eigenvalue weighted by atomic mass is 35.5. The summed E-state index contributed by atoms with van der Waals surface area (Å²) >= 11 is 5.90. The van der Waals surface area contributed by atoms with Crippen molar-refractivity contribution < 1.29 is 9.18 Å². The minimum Gasteiger partial charge on any atom is -0.396 e. The SMILES string of the molecule is Nc1cc(C(=O)c2c[nH]c3cc(Cl)ccc23)ccc1F. The third-order valence-electron chi connectivity index (χ3n) is 3.15. The van der Waals surface area contributed by atoms with E-state index < -0.39 is 5.82 Å². The largest absolute Gasteiger partial charge is 0.396 e.